The van der Waals surface area contributed by atoms with Crippen LogP contribution in [0.4, 0.5) is 11.6 Å². The molecule has 0 unspecified atom stereocenters. The Bertz CT molecular complexity index is 271. The Morgan fingerprint density at radius 2 is 2.00 bits per heavy atom. The van der Waals surface area contributed by atoms with Crippen LogP contribution in [0.1, 0.15) is 12.8 Å². The van der Waals surface area contributed by atoms with E-state index in [1.807, 2.05) is 6.07 Å². The number of H-pyrrole nitrogens is 1. The number of quaternary nitrogens is 1. The van der Waals surface area contributed by atoms with Crippen LogP contribution >= 0.6 is 0 Å². The second-order valence-corrected chi connectivity index (χ2v) is 3.85. The molecule has 0 aliphatic carbocycles. The first-order valence-corrected chi connectivity index (χ1v) is 4.50. The molecule has 1 fully saturated rings. The minimum atomic E-state index is 0.774. The molecule has 1 aliphatic heterocycles. The lowest BCUT2D eigenvalue weighted by Gasteiger charge is -2.26. The van der Waals surface area contributed by atoms with Gasteiger partial charge in [0.25, 0.3) is 0 Å². The van der Waals surface area contributed by atoms with Gasteiger partial charge in [0.1, 0.15) is 5.82 Å². The van der Waals surface area contributed by atoms with Gasteiger partial charge in [-0.3, -0.25) is 9.47 Å². The largest absolute Gasteiger partial charge is 0.385 e. The molecule has 1 saturated heterocycles. The highest BCUT2D eigenvalue weighted by Crippen LogP contribution is 2.26. The van der Waals surface area contributed by atoms with Gasteiger partial charge in [0, 0.05) is 18.9 Å². The molecule has 0 radical (unpaired) electrons. The van der Waals surface area contributed by atoms with Crippen LogP contribution in [-0.4, -0.2) is 25.1 Å². The number of hydrogen-bond donors (Lipinski definition) is 2. The number of hydrogen-bond acceptors (Lipinski definition) is 1. The molecule has 0 bridgehead atoms. The molecule has 12 heavy (non-hydrogen) atoms. The number of aromatic nitrogens is 1. The van der Waals surface area contributed by atoms with E-state index in [1.165, 1.54) is 31.7 Å². The first-order valence-electron chi connectivity index (χ1n) is 4.50. The van der Waals surface area contributed by atoms with Crippen molar-refractivity contribution in [3.8, 4) is 0 Å². The monoisotopic (exact) mass is 166 g/mol. The number of rotatable bonds is 1. The van der Waals surface area contributed by atoms with Gasteiger partial charge >= 0.3 is 0 Å². The third kappa shape index (κ3) is 1.10. The summed E-state index contributed by atoms with van der Waals surface area (Å²) in [6.45, 7) is 2.47. The van der Waals surface area contributed by atoms with Crippen molar-refractivity contribution in [1.82, 2.24) is 9.47 Å². The Kier molecular flexibility index (Phi) is 1.61. The number of nitrogens with one attached hydrogen (secondary N) is 1. The first kappa shape index (κ1) is 7.68. The van der Waals surface area contributed by atoms with Crippen LogP contribution in [0.2, 0.25) is 0 Å². The molecule has 1 aromatic rings. The zero-order valence-corrected chi connectivity index (χ0v) is 7.51. The van der Waals surface area contributed by atoms with Gasteiger partial charge in [-0.25, -0.2) is 0 Å². The Balaban J connectivity index is 2.28. The van der Waals surface area contributed by atoms with E-state index in [0.29, 0.717) is 0 Å². The maximum atomic E-state index is 5.64. The smallest absolute Gasteiger partial charge is 0.206 e. The highest BCUT2D eigenvalue weighted by atomic mass is 15.4. The van der Waals surface area contributed by atoms with Crippen molar-refractivity contribution < 1.29 is 0 Å². The van der Waals surface area contributed by atoms with E-state index >= 15 is 0 Å². The maximum absolute atomic E-state index is 5.64. The molecule has 0 aromatic carbocycles. The van der Waals surface area contributed by atoms with Gasteiger partial charge < -0.3 is 5.73 Å². The van der Waals surface area contributed by atoms with Gasteiger partial charge in [0.05, 0.1) is 20.1 Å². The van der Waals surface area contributed by atoms with Crippen molar-refractivity contribution in [2.75, 3.05) is 25.9 Å². The summed E-state index contributed by atoms with van der Waals surface area (Å²) < 4.78 is 1.02. The van der Waals surface area contributed by atoms with Crippen LogP contribution in [-0.2, 0) is 0 Å². The molecule has 3 N–H and O–H groups in total. The van der Waals surface area contributed by atoms with E-state index in [-0.39, 0.29) is 0 Å². The fourth-order valence-electron chi connectivity index (χ4n) is 1.99. The second kappa shape index (κ2) is 2.52. The molecule has 2 rings (SSSR count). The molecule has 3 heteroatoms. The summed E-state index contributed by atoms with van der Waals surface area (Å²) in [5.74, 6) is 2.03. The highest BCUT2D eigenvalue weighted by Gasteiger charge is 2.30. The fourth-order valence-corrected chi connectivity index (χ4v) is 1.99. The molecule has 1 aliphatic rings. The predicted molar refractivity (Wildman–Crippen MR) is 51.9 cm³/mol. The second-order valence-electron chi connectivity index (χ2n) is 3.85. The molecule has 3 nitrogen and oxygen atoms in total. The lowest BCUT2D eigenvalue weighted by molar-refractivity contribution is 0.397. The molecule has 2 heterocycles. The highest BCUT2D eigenvalue weighted by molar-refractivity contribution is 5.45. The molecule has 0 amide bonds. The normalized spacial score (nSPS) is 21.4. The number of likely N-dealkylation sites (tertiary alicyclic amines) is 1. The Labute approximate surface area is 72.8 Å². The zero-order chi connectivity index (χ0) is 8.60. The third-order valence-corrected chi connectivity index (χ3v) is 2.83. The Morgan fingerprint density at radius 3 is 2.50 bits per heavy atom. The molecule has 66 valence electrons. The quantitative estimate of drug-likeness (QED) is 0.607. The maximum Gasteiger partial charge on any atom is 0.206 e. The Morgan fingerprint density at radius 1 is 1.33 bits per heavy atom. The van der Waals surface area contributed by atoms with Gasteiger partial charge in [-0.1, -0.05) is 0 Å². The van der Waals surface area contributed by atoms with Crippen molar-refractivity contribution >= 4 is 11.6 Å². The topological polar surface area (TPSA) is 41.8 Å². The van der Waals surface area contributed by atoms with Crippen LogP contribution in [0.25, 0.3) is 0 Å². The van der Waals surface area contributed by atoms with E-state index in [0.717, 1.165) is 10.3 Å². The fraction of sp³-hybridized carbons (Fsp3) is 0.556. The van der Waals surface area contributed by atoms with Crippen molar-refractivity contribution in [1.29, 1.82) is 0 Å². The number of nitrogens with zero attached hydrogens (tertiary/aromatic N) is 1. The van der Waals surface area contributed by atoms with Gasteiger partial charge in [-0.05, 0) is 6.07 Å². The number of nitrogens with two attached hydrogens (primary N) is 1. The molecular weight excluding hydrogens is 150 g/mol. The van der Waals surface area contributed by atoms with Gasteiger partial charge in [-0.2, -0.15) is 0 Å². The van der Waals surface area contributed by atoms with Crippen molar-refractivity contribution in [2.24, 2.45) is 0 Å². The van der Waals surface area contributed by atoms with E-state index < -0.39 is 0 Å². The minimum absolute atomic E-state index is 0.774. The van der Waals surface area contributed by atoms with Crippen LogP contribution in [0.15, 0.2) is 12.1 Å². The number of anilines is 1. The molecule has 0 spiro atoms. The lowest BCUT2D eigenvalue weighted by atomic mass is 10.4. The Hall–Kier alpha value is -0.960. The lowest BCUT2D eigenvalue weighted by Crippen LogP contribution is -2.41. The van der Waals surface area contributed by atoms with E-state index in [2.05, 4.69) is 18.1 Å². The SMILES string of the molecule is C[N+]1(c2ccc(N)[nH]2)CCCC1. The van der Waals surface area contributed by atoms with E-state index in [4.69, 9.17) is 5.73 Å². The number of aromatic amines is 1. The van der Waals surface area contributed by atoms with Gasteiger partial charge in [0.2, 0.25) is 5.82 Å². The molecule has 1 aromatic heterocycles. The zero-order valence-electron chi connectivity index (χ0n) is 7.51. The van der Waals surface area contributed by atoms with Crippen molar-refractivity contribution in [2.45, 2.75) is 12.8 Å². The summed E-state index contributed by atoms with van der Waals surface area (Å²) in [6.07, 6.45) is 2.66. The van der Waals surface area contributed by atoms with Crippen LogP contribution in [0.5, 0.6) is 0 Å². The van der Waals surface area contributed by atoms with Crippen LogP contribution in [0.3, 0.4) is 0 Å². The van der Waals surface area contributed by atoms with Gasteiger partial charge in [-0.15, -0.1) is 0 Å². The summed E-state index contributed by atoms with van der Waals surface area (Å²) in [6, 6.07) is 4.04. The van der Waals surface area contributed by atoms with Crippen molar-refractivity contribution in [3.05, 3.63) is 12.1 Å². The summed E-state index contributed by atoms with van der Waals surface area (Å²) in [7, 11) is 2.26. The third-order valence-electron chi connectivity index (χ3n) is 2.83. The van der Waals surface area contributed by atoms with E-state index in [9.17, 15) is 0 Å². The standard InChI is InChI=1S/C9H16N3/c1-12(6-2-3-7-12)9-5-4-8(10)11-9/h4-5,11H,2-3,6-7,10H2,1H3/q+1. The minimum Gasteiger partial charge on any atom is -0.385 e. The van der Waals surface area contributed by atoms with Crippen molar-refractivity contribution in [3.63, 3.8) is 0 Å². The molecule has 0 saturated carbocycles. The number of nitrogen functional groups attached to an aromatic ring is 1. The summed E-state index contributed by atoms with van der Waals surface area (Å²) >= 11 is 0. The summed E-state index contributed by atoms with van der Waals surface area (Å²) in [4.78, 5) is 3.21. The van der Waals surface area contributed by atoms with Crippen LogP contribution in [0, 0.1) is 0 Å². The van der Waals surface area contributed by atoms with E-state index in [1.54, 1.807) is 0 Å². The predicted octanol–water partition coefficient (Wildman–Crippen LogP) is 1.33. The molecular formula is C9H16N3+. The molecule has 0 atom stereocenters. The van der Waals surface area contributed by atoms with Gasteiger partial charge in [0.15, 0.2) is 0 Å². The summed E-state index contributed by atoms with van der Waals surface area (Å²) in [5, 5.41) is 0. The first-order chi connectivity index (χ1) is 5.71. The average Bonchev–Trinajstić information content (AvgIpc) is 2.59. The van der Waals surface area contributed by atoms with Crippen LogP contribution < -0.4 is 10.2 Å². The average molecular weight is 166 g/mol. The summed E-state index contributed by atoms with van der Waals surface area (Å²) in [5.41, 5.74) is 5.64.